The molecule has 0 aromatic rings. The molecule has 1 saturated carbocycles. The predicted octanol–water partition coefficient (Wildman–Crippen LogP) is 1.15. The zero-order valence-electron chi connectivity index (χ0n) is 10.9. The SMILES string of the molecule is CC1CN(CCNC2CCCC2)CCN1C. The topological polar surface area (TPSA) is 18.5 Å². The molecule has 1 unspecified atom stereocenters. The molecule has 3 heteroatoms. The van der Waals surface area contributed by atoms with Gasteiger partial charge in [-0.2, -0.15) is 0 Å². The molecule has 0 amide bonds. The van der Waals surface area contributed by atoms with Crippen LogP contribution in [0.2, 0.25) is 0 Å². The van der Waals surface area contributed by atoms with E-state index in [0.717, 1.165) is 12.1 Å². The molecule has 2 aliphatic rings. The van der Waals surface area contributed by atoms with Gasteiger partial charge < -0.3 is 10.2 Å². The molecule has 0 bridgehead atoms. The number of likely N-dealkylation sites (N-methyl/N-ethyl adjacent to an activating group) is 1. The van der Waals surface area contributed by atoms with Crippen LogP contribution >= 0.6 is 0 Å². The molecular formula is C13H27N3. The normalized spacial score (nSPS) is 30.0. The van der Waals surface area contributed by atoms with E-state index in [4.69, 9.17) is 0 Å². The molecule has 1 aliphatic heterocycles. The Morgan fingerprint density at radius 3 is 2.62 bits per heavy atom. The van der Waals surface area contributed by atoms with Crippen molar-refractivity contribution in [2.24, 2.45) is 0 Å². The van der Waals surface area contributed by atoms with Gasteiger partial charge in [-0.25, -0.2) is 0 Å². The first-order valence-electron chi connectivity index (χ1n) is 6.91. The number of piperazine rings is 1. The molecule has 3 nitrogen and oxygen atoms in total. The minimum atomic E-state index is 0.722. The van der Waals surface area contributed by atoms with Gasteiger partial charge in [0, 0.05) is 44.8 Å². The summed E-state index contributed by atoms with van der Waals surface area (Å²) in [6.45, 7) is 8.45. The third-order valence-electron chi connectivity index (χ3n) is 4.26. The zero-order chi connectivity index (χ0) is 11.4. The third kappa shape index (κ3) is 3.44. The van der Waals surface area contributed by atoms with Crippen molar-refractivity contribution < 1.29 is 0 Å². The maximum atomic E-state index is 3.70. The van der Waals surface area contributed by atoms with Gasteiger partial charge in [0.2, 0.25) is 0 Å². The van der Waals surface area contributed by atoms with E-state index in [1.807, 2.05) is 0 Å². The molecule has 0 aromatic carbocycles. The number of rotatable bonds is 4. The van der Waals surface area contributed by atoms with E-state index < -0.39 is 0 Å². The molecular weight excluding hydrogens is 198 g/mol. The Morgan fingerprint density at radius 2 is 1.94 bits per heavy atom. The predicted molar refractivity (Wildman–Crippen MR) is 68.8 cm³/mol. The molecule has 16 heavy (non-hydrogen) atoms. The van der Waals surface area contributed by atoms with Gasteiger partial charge in [0.1, 0.15) is 0 Å². The van der Waals surface area contributed by atoms with Crippen LogP contribution in [-0.4, -0.2) is 61.7 Å². The summed E-state index contributed by atoms with van der Waals surface area (Å²) in [5.41, 5.74) is 0. The highest BCUT2D eigenvalue weighted by Crippen LogP contribution is 2.17. The van der Waals surface area contributed by atoms with Gasteiger partial charge in [-0.1, -0.05) is 12.8 Å². The molecule has 1 N–H and O–H groups in total. The maximum Gasteiger partial charge on any atom is 0.0192 e. The van der Waals surface area contributed by atoms with Crippen LogP contribution in [-0.2, 0) is 0 Å². The van der Waals surface area contributed by atoms with Crippen LogP contribution in [0.1, 0.15) is 32.6 Å². The number of nitrogens with zero attached hydrogens (tertiary/aromatic N) is 2. The highest BCUT2D eigenvalue weighted by molar-refractivity contribution is 4.78. The molecule has 1 aliphatic carbocycles. The Morgan fingerprint density at radius 1 is 1.19 bits per heavy atom. The summed E-state index contributed by atoms with van der Waals surface area (Å²) in [6.07, 6.45) is 5.67. The average molecular weight is 225 g/mol. The molecule has 94 valence electrons. The van der Waals surface area contributed by atoms with Crippen molar-refractivity contribution in [2.45, 2.75) is 44.7 Å². The van der Waals surface area contributed by atoms with E-state index in [1.54, 1.807) is 0 Å². The quantitative estimate of drug-likeness (QED) is 0.774. The van der Waals surface area contributed by atoms with Crippen LogP contribution in [0, 0.1) is 0 Å². The summed E-state index contributed by atoms with van der Waals surface area (Å²) < 4.78 is 0. The van der Waals surface area contributed by atoms with Gasteiger partial charge >= 0.3 is 0 Å². The van der Waals surface area contributed by atoms with Crippen LogP contribution in [0.5, 0.6) is 0 Å². The summed E-state index contributed by atoms with van der Waals surface area (Å²) in [5, 5.41) is 3.70. The zero-order valence-corrected chi connectivity index (χ0v) is 10.9. The second-order valence-corrected chi connectivity index (χ2v) is 5.57. The fourth-order valence-electron chi connectivity index (χ4n) is 2.88. The van der Waals surface area contributed by atoms with Crippen LogP contribution in [0.25, 0.3) is 0 Å². The highest BCUT2D eigenvalue weighted by atomic mass is 15.3. The minimum Gasteiger partial charge on any atom is -0.313 e. The molecule has 0 radical (unpaired) electrons. The van der Waals surface area contributed by atoms with Gasteiger partial charge in [-0.3, -0.25) is 4.90 Å². The molecule has 0 spiro atoms. The van der Waals surface area contributed by atoms with E-state index in [-0.39, 0.29) is 0 Å². The van der Waals surface area contributed by atoms with Gasteiger partial charge in [-0.05, 0) is 26.8 Å². The van der Waals surface area contributed by atoms with Crippen molar-refractivity contribution in [2.75, 3.05) is 39.8 Å². The fourth-order valence-corrected chi connectivity index (χ4v) is 2.88. The monoisotopic (exact) mass is 225 g/mol. The first kappa shape index (κ1) is 12.3. The van der Waals surface area contributed by atoms with Crippen molar-refractivity contribution >= 4 is 0 Å². The molecule has 1 saturated heterocycles. The number of nitrogens with one attached hydrogen (secondary N) is 1. The summed E-state index contributed by atoms with van der Waals surface area (Å²) in [7, 11) is 2.23. The second-order valence-electron chi connectivity index (χ2n) is 5.57. The third-order valence-corrected chi connectivity index (χ3v) is 4.26. The molecule has 1 heterocycles. The smallest absolute Gasteiger partial charge is 0.0192 e. The maximum absolute atomic E-state index is 3.70. The lowest BCUT2D eigenvalue weighted by atomic mass is 10.2. The number of hydrogen-bond acceptors (Lipinski definition) is 3. The summed E-state index contributed by atoms with van der Waals surface area (Å²) in [4.78, 5) is 5.06. The Bertz CT molecular complexity index is 201. The van der Waals surface area contributed by atoms with Gasteiger partial charge in [0.05, 0.1) is 0 Å². The van der Waals surface area contributed by atoms with Crippen LogP contribution in [0.15, 0.2) is 0 Å². The molecule has 0 aromatic heterocycles. The minimum absolute atomic E-state index is 0.722. The summed E-state index contributed by atoms with van der Waals surface area (Å²) >= 11 is 0. The fraction of sp³-hybridized carbons (Fsp3) is 1.00. The van der Waals surface area contributed by atoms with E-state index in [1.165, 1.54) is 58.4 Å². The van der Waals surface area contributed by atoms with Gasteiger partial charge in [0.15, 0.2) is 0 Å². The van der Waals surface area contributed by atoms with Gasteiger partial charge in [-0.15, -0.1) is 0 Å². The van der Waals surface area contributed by atoms with Crippen molar-refractivity contribution in [1.29, 1.82) is 0 Å². The van der Waals surface area contributed by atoms with Gasteiger partial charge in [0.25, 0.3) is 0 Å². The van der Waals surface area contributed by atoms with E-state index in [0.29, 0.717) is 0 Å². The van der Waals surface area contributed by atoms with Crippen molar-refractivity contribution in [3.05, 3.63) is 0 Å². The standard InChI is InChI=1S/C13H27N3/c1-12-11-16(10-9-15(12)2)8-7-14-13-5-3-4-6-13/h12-14H,3-11H2,1-2H3. The van der Waals surface area contributed by atoms with Crippen molar-refractivity contribution in [3.8, 4) is 0 Å². The van der Waals surface area contributed by atoms with E-state index >= 15 is 0 Å². The Balaban J connectivity index is 1.59. The Labute approximate surface area is 100 Å². The van der Waals surface area contributed by atoms with Crippen molar-refractivity contribution in [3.63, 3.8) is 0 Å². The first-order chi connectivity index (χ1) is 7.75. The first-order valence-corrected chi connectivity index (χ1v) is 6.91. The average Bonchev–Trinajstić information content (AvgIpc) is 2.76. The van der Waals surface area contributed by atoms with E-state index in [2.05, 4.69) is 29.1 Å². The summed E-state index contributed by atoms with van der Waals surface area (Å²) in [6, 6.07) is 1.55. The van der Waals surface area contributed by atoms with Crippen LogP contribution < -0.4 is 5.32 Å². The largest absolute Gasteiger partial charge is 0.313 e. The molecule has 2 rings (SSSR count). The highest BCUT2D eigenvalue weighted by Gasteiger charge is 2.20. The van der Waals surface area contributed by atoms with E-state index in [9.17, 15) is 0 Å². The Hall–Kier alpha value is -0.120. The number of hydrogen-bond donors (Lipinski definition) is 1. The van der Waals surface area contributed by atoms with Crippen LogP contribution in [0.3, 0.4) is 0 Å². The lowest BCUT2D eigenvalue weighted by Crippen LogP contribution is -2.51. The van der Waals surface area contributed by atoms with Crippen molar-refractivity contribution in [1.82, 2.24) is 15.1 Å². The lowest BCUT2D eigenvalue weighted by Gasteiger charge is -2.37. The molecule has 2 fully saturated rings. The second kappa shape index (κ2) is 5.99. The summed E-state index contributed by atoms with van der Waals surface area (Å²) in [5.74, 6) is 0. The lowest BCUT2D eigenvalue weighted by molar-refractivity contribution is 0.105. The Kier molecular flexibility index (Phi) is 4.62. The molecule has 1 atom stereocenters. The van der Waals surface area contributed by atoms with Crippen LogP contribution in [0.4, 0.5) is 0 Å².